The van der Waals surface area contributed by atoms with E-state index in [4.69, 9.17) is 4.74 Å². The second-order valence-electron chi connectivity index (χ2n) is 3.57. The fourth-order valence-electron chi connectivity index (χ4n) is 1.44. The molecule has 0 radical (unpaired) electrons. The van der Waals surface area contributed by atoms with Crippen LogP contribution in [-0.4, -0.2) is 12.1 Å². The number of nitrogens with zero attached hydrogens (tertiary/aromatic N) is 1. The van der Waals surface area contributed by atoms with Crippen LogP contribution in [0.3, 0.4) is 0 Å². The van der Waals surface area contributed by atoms with Crippen molar-refractivity contribution in [2.75, 3.05) is 12.4 Å². The quantitative estimate of drug-likeness (QED) is 0.937. The van der Waals surface area contributed by atoms with E-state index < -0.39 is 0 Å². The van der Waals surface area contributed by atoms with Crippen LogP contribution in [0.15, 0.2) is 47.1 Å². The predicted molar refractivity (Wildman–Crippen MR) is 72.3 cm³/mol. The van der Waals surface area contributed by atoms with Gasteiger partial charge in [-0.05, 0) is 23.8 Å². The number of benzene rings is 1. The number of pyridine rings is 1. The molecule has 0 aliphatic heterocycles. The Morgan fingerprint density at radius 3 is 2.82 bits per heavy atom. The third kappa shape index (κ3) is 3.46. The van der Waals surface area contributed by atoms with Gasteiger partial charge >= 0.3 is 0 Å². The molecular formula is C13H13BrN2O. The molecule has 0 aliphatic rings. The summed E-state index contributed by atoms with van der Waals surface area (Å²) in [6.45, 7) is 0.743. The molecule has 0 atom stereocenters. The number of ether oxygens (including phenoxy) is 1. The molecule has 0 saturated heterocycles. The van der Waals surface area contributed by atoms with E-state index in [0.29, 0.717) is 5.88 Å². The standard InChI is InChI=1S/C13H13BrN2O/c1-17-13-6-5-10(9-16-13)8-15-12-4-2-3-11(14)7-12/h2-7,9,15H,8H2,1H3. The number of methoxy groups -OCH3 is 1. The van der Waals surface area contributed by atoms with E-state index >= 15 is 0 Å². The lowest BCUT2D eigenvalue weighted by molar-refractivity contribution is 0.397. The second-order valence-corrected chi connectivity index (χ2v) is 4.49. The molecule has 4 heteroatoms. The highest BCUT2D eigenvalue weighted by molar-refractivity contribution is 9.10. The molecule has 0 spiro atoms. The van der Waals surface area contributed by atoms with Crippen LogP contribution >= 0.6 is 15.9 Å². The summed E-state index contributed by atoms with van der Waals surface area (Å²) in [5, 5.41) is 3.33. The second kappa shape index (κ2) is 5.68. The minimum Gasteiger partial charge on any atom is -0.481 e. The first kappa shape index (κ1) is 11.9. The molecule has 0 bridgehead atoms. The Hall–Kier alpha value is -1.55. The van der Waals surface area contributed by atoms with Crippen molar-refractivity contribution < 1.29 is 4.74 Å². The highest BCUT2D eigenvalue weighted by Crippen LogP contribution is 2.16. The van der Waals surface area contributed by atoms with Gasteiger partial charge < -0.3 is 10.1 Å². The number of rotatable bonds is 4. The van der Waals surface area contributed by atoms with Crippen LogP contribution in [0.4, 0.5) is 5.69 Å². The van der Waals surface area contributed by atoms with Gasteiger partial charge in [0.2, 0.25) is 5.88 Å². The normalized spacial score (nSPS) is 10.0. The molecule has 3 nitrogen and oxygen atoms in total. The Kier molecular flexibility index (Phi) is 3.98. The number of halogens is 1. The zero-order valence-corrected chi connectivity index (χ0v) is 11.1. The summed E-state index contributed by atoms with van der Waals surface area (Å²) in [6.07, 6.45) is 1.81. The largest absolute Gasteiger partial charge is 0.481 e. The summed E-state index contributed by atoms with van der Waals surface area (Å²) in [6, 6.07) is 11.9. The van der Waals surface area contributed by atoms with Crippen LogP contribution in [0.25, 0.3) is 0 Å². The monoisotopic (exact) mass is 292 g/mol. The number of anilines is 1. The van der Waals surface area contributed by atoms with Crippen LogP contribution in [0.2, 0.25) is 0 Å². The number of aromatic nitrogens is 1. The topological polar surface area (TPSA) is 34.1 Å². The maximum absolute atomic E-state index is 5.01. The Bertz CT molecular complexity index is 485. The van der Waals surface area contributed by atoms with E-state index in [1.165, 1.54) is 0 Å². The minimum absolute atomic E-state index is 0.635. The molecule has 0 aliphatic carbocycles. The predicted octanol–water partition coefficient (Wildman–Crippen LogP) is 3.46. The van der Waals surface area contributed by atoms with Gasteiger partial charge in [0.1, 0.15) is 0 Å². The van der Waals surface area contributed by atoms with Crippen LogP contribution in [0.5, 0.6) is 5.88 Å². The van der Waals surface area contributed by atoms with Gasteiger partial charge in [0.25, 0.3) is 0 Å². The molecule has 1 aromatic heterocycles. The van der Waals surface area contributed by atoms with Crippen LogP contribution < -0.4 is 10.1 Å². The van der Waals surface area contributed by atoms with E-state index in [2.05, 4.69) is 26.2 Å². The zero-order chi connectivity index (χ0) is 12.1. The minimum atomic E-state index is 0.635. The molecule has 1 aromatic carbocycles. The molecular weight excluding hydrogens is 280 g/mol. The maximum atomic E-state index is 5.01. The average Bonchev–Trinajstić information content (AvgIpc) is 2.37. The summed E-state index contributed by atoms with van der Waals surface area (Å²) in [4.78, 5) is 4.16. The van der Waals surface area contributed by atoms with Crippen molar-refractivity contribution in [1.82, 2.24) is 4.98 Å². The summed E-state index contributed by atoms with van der Waals surface area (Å²) in [5.74, 6) is 0.635. The third-order valence-corrected chi connectivity index (χ3v) is 2.82. The average molecular weight is 293 g/mol. The summed E-state index contributed by atoms with van der Waals surface area (Å²) >= 11 is 3.44. The van der Waals surface area contributed by atoms with Crippen molar-refractivity contribution in [3.05, 3.63) is 52.6 Å². The van der Waals surface area contributed by atoms with Gasteiger partial charge in [-0.15, -0.1) is 0 Å². The van der Waals surface area contributed by atoms with Gasteiger partial charge in [-0.1, -0.05) is 28.1 Å². The molecule has 1 N–H and O–H groups in total. The molecule has 2 aromatic rings. The molecule has 0 fully saturated rings. The Labute approximate surface area is 109 Å². The molecule has 0 unspecified atom stereocenters. The van der Waals surface area contributed by atoms with Crippen molar-refractivity contribution in [3.8, 4) is 5.88 Å². The lowest BCUT2D eigenvalue weighted by atomic mass is 10.2. The number of hydrogen-bond acceptors (Lipinski definition) is 3. The highest BCUT2D eigenvalue weighted by Gasteiger charge is 1.96. The van der Waals surface area contributed by atoms with Crippen LogP contribution in [0.1, 0.15) is 5.56 Å². The van der Waals surface area contributed by atoms with Crippen molar-refractivity contribution in [2.24, 2.45) is 0 Å². The molecule has 88 valence electrons. The lowest BCUT2D eigenvalue weighted by Gasteiger charge is -2.07. The lowest BCUT2D eigenvalue weighted by Crippen LogP contribution is -2.00. The van der Waals surface area contributed by atoms with Crippen molar-refractivity contribution in [3.63, 3.8) is 0 Å². The van der Waals surface area contributed by atoms with Gasteiger partial charge in [0.15, 0.2) is 0 Å². The summed E-state index contributed by atoms with van der Waals surface area (Å²) < 4.78 is 6.08. The zero-order valence-electron chi connectivity index (χ0n) is 9.48. The fourth-order valence-corrected chi connectivity index (χ4v) is 1.84. The van der Waals surface area contributed by atoms with Crippen LogP contribution in [0, 0.1) is 0 Å². The fraction of sp³-hybridized carbons (Fsp3) is 0.154. The first-order valence-electron chi connectivity index (χ1n) is 5.26. The van der Waals surface area contributed by atoms with Gasteiger partial charge in [0.05, 0.1) is 7.11 Å². The smallest absolute Gasteiger partial charge is 0.212 e. The summed E-state index contributed by atoms with van der Waals surface area (Å²) in [5.41, 5.74) is 2.20. The Morgan fingerprint density at radius 1 is 1.29 bits per heavy atom. The SMILES string of the molecule is COc1ccc(CNc2cccc(Br)c2)cn1. The Morgan fingerprint density at radius 2 is 2.18 bits per heavy atom. The number of hydrogen-bond donors (Lipinski definition) is 1. The van der Waals surface area contributed by atoms with Crippen molar-refractivity contribution >= 4 is 21.6 Å². The van der Waals surface area contributed by atoms with Gasteiger partial charge in [-0.25, -0.2) is 4.98 Å². The van der Waals surface area contributed by atoms with Crippen LogP contribution in [-0.2, 0) is 6.54 Å². The van der Waals surface area contributed by atoms with Crippen molar-refractivity contribution in [2.45, 2.75) is 6.54 Å². The Balaban J connectivity index is 1.97. The number of nitrogens with one attached hydrogen (secondary N) is 1. The van der Waals surface area contributed by atoms with Crippen molar-refractivity contribution in [1.29, 1.82) is 0 Å². The first-order valence-corrected chi connectivity index (χ1v) is 6.05. The van der Waals surface area contributed by atoms with E-state index in [-0.39, 0.29) is 0 Å². The third-order valence-electron chi connectivity index (χ3n) is 2.33. The molecule has 0 saturated carbocycles. The van der Waals surface area contributed by atoms with E-state index in [0.717, 1.165) is 22.3 Å². The van der Waals surface area contributed by atoms with Gasteiger partial charge in [-0.2, -0.15) is 0 Å². The maximum Gasteiger partial charge on any atom is 0.212 e. The molecule has 1 heterocycles. The highest BCUT2D eigenvalue weighted by atomic mass is 79.9. The molecule has 17 heavy (non-hydrogen) atoms. The molecule has 2 rings (SSSR count). The van der Waals surface area contributed by atoms with Gasteiger partial charge in [0, 0.05) is 29.0 Å². The first-order chi connectivity index (χ1) is 8.28. The summed E-state index contributed by atoms with van der Waals surface area (Å²) in [7, 11) is 1.61. The van der Waals surface area contributed by atoms with E-state index in [1.807, 2.05) is 42.6 Å². The van der Waals surface area contributed by atoms with Gasteiger partial charge in [-0.3, -0.25) is 0 Å². The van der Waals surface area contributed by atoms with E-state index in [9.17, 15) is 0 Å². The van der Waals surface area contributed by atoms with E-state index in [1.54, 1.807) is 7.11 Å². The molecule has 0 amide bonds.